The minimum absolute atomic E-state index is 0.462. The number of anilines is 1. The highest BCUT2D eigenvalue weighted by atomic mass is 16.5. The number of benzene rings is 1. The van der Waals surface area contributed by atoms with E-state index >= 15 is 0 Å². The van der Waals surface area contributed by atoms with E-state index in [1.54, 1.807) is 21.3 Å². The number of aromatic nitrogens is 1. The summed E-state index contributed by atoms with van der Waals surface area (Å²) in [5, 5.41) is 4.32. The Kier molecular flexibility index (Phi) is 4.63. The van der Waals surface area contributed by atoms with Crippen LogP contribution in [0.5, 0.6) is 11.5 Å². The van der Waals surface area contributed by atoms with Crippen molar-refractivity contribution < 1.29 is 14.2 Å². The summed E-state index contributed by atoms with van der Waals surface area (Å²) < 4.78 is 15.9. The van der Waals surface area contributed by atoms with Crippen LogP contribution in [-0.2, 0) is 11.3 Å². The maximum atomic E-state index is 5.43. The van der Waals surface area contributed by atoms with Gasteiger partial charge in [-0.1, -0.05) is 0 Å². The van der Waals surface area contributed by atoms with Gasteiger partial charge in [0.15, 0.2) is 0 Å². The van der Waals surface area contributed by atoms with Crippen LogP contribution in [0.2, 0.25) is 0 Å². The summed E-state index contributed by atoms with van der Waals surface area (Å²) in [7, 11) is 4.93. The minimum atomic E-state index is 0.462. The zero-order chi connectivity index (χ0) is 14.5. The molecule has 0 amide bonds. The normalized spacial score (nSPS) is 10.6. The van der Waals surface area contributed by atoms with Crippen molar-refractivity contribution in [1.82, 2.24) is 4.98 Å². The van der Waals surface area contributed by atoms with Gasteiger partial charge >= 0.3 is 0 Å². The summed E-state index contributed by atoms with van der Waals surface area (Å²) in [4.78, 5) is 4.61. The van der Waals surface area contributed by atoms with E-state index in [2.05, 4.69) is 17.2 Å². The van der Waals surface area contributed by atoms with Gasteiger partial charge in [-0.2, -0.15) is 0 Å². The SMILES string of the molecule is CCNc1cc(COC)nc2c(OC)cc(OC)cc12. The number of methoxy groups -OCH3 is 3. The Bertz CT molecular complexity index is 599. The van der Waals surface area contributed by atoms with Crippen LogP contribution in [-0.4, -0.2) is 32.9 Å². The molecule has 5 heteroatoms. The molecule has 0 bridgehead atoms. The number of fused-ring (bicyclic) bond motifs is 1. The summed E-state index contributed by atoms with van der Waals surface area (Å²) >= 11 is 0. The number of rotatable bonds is 6. The quantitative estimate of drug-likeness (QED) is 0.879. The van der Waals surface area contributed by atoms with Crippen LogP contribution in [0.1, 0.15) is 12.6 Å². The smallest absolute Gasteiger partial charge is 0.148 e. The van der Waals surface area contributed by atoms with Crippen molar-refractivity contribution in [1.29, 1.82) is 0 Å². The van der Waals surface area contributed by atoms with E-state index in [0.29, 0.717) is 12.4 Å². The molecule has 0 aliphatic heterocycles. The second-order valence-corrected chi connectivity index (χ2v) is 4.35. The van der Waals surface area contributed by atoms with Gasteiger partial charge in [-0.15, -0.1) is 0 Å². The van der Waals surface area contributed by atoms with Crippen molar-refractivity contribution >= 4 is 16.6 Å². The van der Waals surface area contributed by atoms with Gasteiger partial charge in [0, 0.05) is 30.8 Å². The standard InChI is InChI=1S/C15H20N2O3/c1-5-16-13-6-10(9-18-2)17-15-12(13)7-11(19-3)8-14(15)20-4/h6-8H,5,9H2,1-4H3,(H,16,17). The molecule has 5 nitrogen and oxygen atoms in total. The van der Waals surface area contributed by atoms with Gasteiger partial charge in [-0.25, -0.2) is 4.98 Å². The van der Waals surface area contributed by atoms with Crippen molar-refractivity contribution in [2.24, 2.45) is 0 Å². The highest BCUT2D eigenvalue weighted by Gasteiger charge is 2.12. The molecular weight excluding hydrogens is 256 g/mol. The number of ether oxygens (including phenoxy) is 3. The first-order valence-corrected chi connectivity index (χ1v) is 6.52. The fraction of sp³-hybridized carbons (Fsp3) is 0.400. The van der Waals surface area contributed by atoms with Gasteiger partial charge in [-0.3, -0.25) is 0 Å². The second kappa shape index (κ2) is 6.43. The van der Waals surface area contributed by atoms with Crippen molar-refractivity contribution in [3.8, 4) is 11.5 Å². The van der Waals surface area contributed by atoms with Gasteiger partial charge < -0.3 is 19.5 Å². The lowest BCUT2D eigenvalue weighted by Crippen LogP contribution is -2.02. The fourth-order valence-corrected chi connectivity index (χ4v) is 2.16. The number of hydrogen-bond donors (Lipinski definition) is 1. The molecule has 0 radical (unpaired) electrons. The average molecular weight is 276 g/mol. The Morgan fingerprint density at radius 3 is 2.50 bits per heavy atom. The van der Waals surface area contributed by atoms with Gasteiger partial charge in [0.2, 0.25) is 0 Å². The molecule has 0 fully saturated rings. The Morgan fingerprint density at radius 2 is 1.90 bits per heavy atom. The molecule has 0 spiro atoms. The predicted octanol–water partition coefficient (Wildman–Crippen LogP) is 2.83. The largest absolute Gasteiger partial charge is 0.497 e. The molecule has 0 unspecified atom stereocenters. The van der Waals surface area contributed by atoms with Crippen LogP contribution in [0.25, 0.3) is 10.9 Å². The molecular formula is C15H20N2O3. The summed E-state index contributed by atoms with van der Waals surface area (Å²) in [6, 6.07) is 5.79. The molecule has 1 aromatic heterocycles. The Balaban J connectivity index is 2.70. The maximum Gasteiger partial charge on any atom is 0.148 e. The third kappa shape index (κ3) is 2.77. The lowest BCUT2D eigenvalue weighted by atomic mass is 10.1. The molecule has 2 aromatic rings. The molecule has 108 valence electrons. The van der Waals surface area contributed by atoms with Crippen LogP contribution >= 0.6 is 0 Å². The number of hydrogen-bond acceptors (Lipinski definition) is 5. The highest BCUT2D eigenvalue weighted by molar-refractivity contribution is 5.96. The fourth-order valence-electron chi connectivity index (χ4n) is 2.16. The summed E-state index contributed by atoms with van der Waals surface area (Å²) in [6.45, 7) is 3.34. The van der Waals surface area contributed by atoms with Gasteiger partial charge in [0.1, 0.15) is 17.0 Å². The van der Waals surface area contributed by atoms with Crippen molar-refractivity contribution in [3.63, 3.8) is 0 Å². The van der Waals surface area contributed by atoms with E-state index in [0.717, 1.165) is 34.6 Å². The zero-order valence-corrected chi connectivity index (χ0v) is 12.3. The Hall–Kier alpha value is -2.01. The molecule has 2 rings (SSSR count). The molecule has 1 aromatic carbocycles. The topological polar surface area (TPSA) is 52.6 Å². The third-order valence-corrected chi connectivity index (χ3v) is 3.02. The molecule has 0 atom stereocenters. The summed E-state index contributed by atoms with van der Waals surface area (Å²) in [6.07, 6.45) is 0. The van der Waals surface area contributed by atoms with Crippen molar-refractivity contribution in [2.75, 3.05) is 33.2 Å². The maximum absolute atomic E-state index is 5.43. The van der Waals surface area contributed by atoms with Crippen LogP contribution < -0.4 is 14.8 Å². The first-order valence-electron chi connectivity index (χ1n) is 6.52. The number of pyridine rings is 1. The van der Waals surface area contributed by atoms with E-state index in [1.165, 1.54) is 0 Å². The Morgan fingerprint density at radius 1 is 1.10 bits per heavy atom. The van der Waals surface area contributed by atoms with Crippen molar-refractivity contribution in [2.45, 2.75) is 13.5 Å². The van der Waals surface area contributed by atoms with Gasteiger partial charge in [0.05, 0.1) is 26.5 Å². The Labute approximate surface area is 118 Å². The molecule has 20 heavy (non-hydrogen) atoms. The van der Waals surface area contributed by atoms with Crippen LogP contribution in [0.15, 0.2) is 18.2 Å². The monoisotopic (exact) mass is 276 g/mol. The minimum Gasteiger partial charge on any atom is -0.497 e. The molecule has 0 aliphatic carbocycles. The number of nitrogens with zero attached hydrogens (tertiary/aromatic N) is 1. The van der Waals surface area contributed by atoms with E-state index < -0.39 is 0 Å². The van der Waals surface area contributed by atoms with Gasteiger partial charge in [0.25, 0.3) is 0 Å². The first-order chi connectivity index (χ1) is 9.73. The van der Waals surface area contributed by atoms with Gasteiger partial charge in [-0.05, 0) is 19.1 Å². The molecule has 1 N–H and O–H groups in total. The van der Waals surface area contributed by atoms with E-state index in [-0.39, 0.29) is 0 Å². The van der Waals surface area contributed by atoms with Crippen molar-refractivity contribution in [3.05, 3.63) is 23.9 Å². The average Bonchev–Trinajstić information content (AvgIpc) is 2.47. The molecule has 0 saturated heterocycles. The third-order valence-electron chi connectivity index (χ3n) is 3.02. The summed E-state index contributed by atoms with van der Waals surface area (Å²) in [5.74, 6) is 1.44. The molecule has 0 saturated carbocycles. The van der Waals surface area contributed by atoms with Crippen LogP contribution in [0.3, 0.4) is 0 Å². The highest BCUT2D eigenvalue weighted by Crippen LogP contribution is 2.34. The first kappa shape index (κ1) is 14.4. The van der Waals surface area contributed by atoms with E-state index in [9.17, 15) is 0 Å². The lowest BCUT2D eigenvalue weighted by Gasteiger charge is -2.14. The van der Waals surface area contributed by atoms with E-state index in [4.69, 9.17) is 14.2 Å². The summed E-state index contributed by atoms with van der Waals surface area (Å²) in [5.41, 5.74) is 2.67. The second-order valence-electron chi connectivity index (χ2n) is 4.35. The number of nitrogens with one attached hydrogen (secondary N) is 1. The predicted molar refractivity (Wildman–Crippen MR) is 79.7 cm³/mol. The van der Waals surface area contributed by atoms with Crippen LogP contribution in [0.4, 0.5) is 5.69 Å². The molecule has 1 heterocycles. The van der Waals surface area contributed by atoms with Crippen LogP contribution in [0, 0.1) is 0 Å². The lowest BCUT2D eigenvalue weighted by molar-refractivity contribution is 0.182. The zero-order valence-electron chi connectivity index (χ0n) is 12.3. The molecule has 0 aliphatic rings. The van der Waals surface area contributed by atoms with E-state index in [1.807, 2.05) is 18.2 Å².